The number of carboxylic acids is 1. The van der Waals surface area contributed by atoms with E-state index in [4.69, 9.17) is 30.3 Å². The molecule has 0 spiro atoms. The Labute approximate surface area is 174 Å². The highest BCUT2D eigenvalue weighted by molar-refractivity contribution is 8.10. The number of rotatable bonds is 6. The normalized spacial score (nSPS) is 15.7. The van der Waals surface area contributed by atoms with Gasteiger partial charge in [-0.2, -0.15) is 5.26 Å². The zero-order valence-corrected chi connectivity index (χ0v) is 16.4. The van der Waals surface area contributed by atoms with Gasteiger partial charge in [0, 0.05) is 16.0 Å². The third kappa shape index (κ3) is 4.01. The third-order valence-electron chi connectivity index (χ3n) is 4.15. The number of alkyl halides is 1. The van der Waals surface area contributed by atoms with Gasteiger partial charge in [-0.25, -0.2) is 9.78 Å². The van der Waals surface area contributed by atoms with Crippen LogP contribution in [0.3, 0.4) is 0 Å². The number of halogens is 1. The molecule has 0 radical (unpaired) electrons. The van der Waals surface area contributed by atoms with Crippen molar-refractivity contribution in [2.24, 2.45) is 0 Å². The molecule has 0 bridgehead atoms. The molecule has 29 heavy (non-hydrogen) atoms. The number of nitrogens with zero attached hydrogens (tertiary/aromatic N) is 2. The highest BCUT2D eigenvalue weighted by Crippen LogP contribution is 2.42. The largest absolute Gasteiger partial charge is 0.475 e. The van der Waals surface area contributed by atoms with E-state index >= 15 is 0 Å². The summed E-state index contributed by atoms with van der Waals surface area (Å²) in [6.45, 7) is -0.0758. The smallest absolute Gasteiger partial charge is 0.371 e. The maximum absolute atomic E-state index is 11.0. The fourth-order valence-electron chi connectivity index (χ4n) is 2.81. The summed E-state index contributed by atoms with van der Waals surface area (Å²) in [7, 11) is 0. The average molecular weight is 429 g/mol. The Morgan fingerprint density at radius 1 is 1.45 bits per heavy atom. The van der Waals surface area contributed by atoms with Gasteiger partial charge in [0.2, 0.25) is 11.6 Å². The van der Waals surface area contributed by atoms with Crippen molar-refractivity contribution in [2.75, 3.05) is 0 Å². The molecular weight excluding hydrogens is 416 g/mol. The highest BCUT2D eigenvalue weighted by Gasteiger charge is 2.23. The summed E-state index contributed by atoms with van der Waals surface area (Å²) >= 11 is 7.67. The first-order valence-electron chi connectivity index (χ1n) is 8.49. The van der Waals surface area contributed by atoms with Crippen LogP contribution >= 0.6 is 23.4 Å². The van der Waals surface area contributed by atoms with Gasteiger partial charge in [-0.1, -0.05) is 6.08 Å². The fourth-order valence-corrected chi connectivity index (χ4v) is 4.08. The van der Waals surface area contributed by atoms with E-state index in [9.17, 15) is 10.1 Å². The summed E-state index contributed by atoms with van der Waals surface area (Å²) in [5, 5.41) is 18.7. The van der Waals surface area contributed by atoms with Gasteiger partial charge >= 0.3 is 5.97 Å². The van der Waals surface area contributed by atoms with E-state index in [0.717, 1.165) is 4.91 Å². The molecule has 9 heteroatoms. The van der Waals surface area contributed by atoms with E-state index < -0.39 is 5.97 Å². The lowest BCUT2D eigenvalue weighted by Crippen LogP contribution is -2.02. The molecule has 0 amide bonds. The molecule has 1 aliphatic rings. The van der Waals surface area contributed by atoms with Crippen LogP contribution in [0.1, 0.15) is 34.0 Å². The van der Waals surface area contributed by atoms with Crippen molar-refractivity contribution in [1.29, 1.82) is 5.26 Å². The van der Waals surface area contributed by atoms with Gasteiger partial charge < -0.3 is 18.7 Å². The van der Waals surface area contributed by atoms with E-state index in [-0.39, 0.29) is 28.5 Å². The molecule has 4 rings (SSSR count). The number of allylic oxidation sites excluding steroid dienone is 1. The molecule has 0 aromatic carbocycles. The second-order valence-corrected chi connectivity index (χ2v) is 8.08. The molecule has 1 atom stereocenters. The molecule has 1 N–H and O–H groups in total. The number of carbonyl (C=O) groups is 1. The molecule has 4 heterocycles. The second-order valence-electron chi connectivity index (χ2n) is 6.05. The van der Waals surface area contributed by atoms with Gasteiger partial charge in [0.25, 0.3) is 0 Å². The average Bonchev–Trinajstić information content (AvgIpc) is 3.46. The molecule has 146 valence electrons. The Morgan fingerprint density at radius 3 is 2.93 bits per heavy atom. The minimum atomic E-state index is -1.17. The van der Waals surface area contributed by atoms with E-state index in [1.165, 1.54) is 36.4 Å². The maximum Gasteiger partial charge on any atom is 0.371 e. The zero-order chi connectivity index (χ0) is 20.4. The summed E-state index contributed by atoms with van der Waals surface area (Å²) in [6, 6.07) is 8.53. The molecule has 0 aliphatic carbocycles. The van der Waals surface area contributed by atoms with Crippen LogP contribution in [0, 0.1) is 11.3 Å². The van der Waals surface area contributed by atoms with Crippen LogP contribution in [-0.4, -0.2) is 20.8 Å². The summed E-state index contributed by atoms with van der Waals surface area (Å²) in [5.41, 5.74) is 2.21. The Balaban J connectivity index is 1.71. The lowest BCUT2D eigenvalue weighted by Gasteiger charge is -2.12. The molecule has 7 nitrogen and oxygen atoms in total. The Bertz CT molecular complexity index is 1130. The predicted octanol–water partition coefficient (Wildman–Crippen LogP) is 5.13. The number of pyridine rings is 1. The summed E-state index contributed by atoms with van der Waals surface area (Å²) in [6.07, 6.45) is 5.76. The van der Waals surface area contributed by atoms with Crippen LogP contribution in [0.5, 0.6) is 5.88 Å². The van der Waals surface area contributed by atoms with Crippen LogP contribution < -0.4 is 4.74 Å². The first-order chi connectivity index (χ1) is 14.0. The summed E-state index contributed by atoms with van der Waals surface area (Å²) < 4.78 is 16.1. The van der Waals surface area contributed by atoms with Crippen LogP contribution in [0.15, 0.2) is 51.7 Å². The van der Waals surface area contributed by atoms with Gasteiger partial charge in [-0.3, -0.25) is 0 Å². The third-order valence-corrected chi connectivity index (χ3v) is 5.67. The Kier molecular flexibility index (Phi) is 5.34. The first kappa shape index (κ1) is 19.2. The number of carboxylic acid groups (broad SMARTS) is 1. The Hall–Kier alpha value is -3.15. The van der Waals surface area contributed by atoms with E-state index in [1.54, 1.807) is 12.1 Å². The molecule has 1 unspecified atom stereocenters. The van der Waals surface area contributed by atoms with Gasteiger partial charge in [0.1, 0.15) is 24.0 Å². The molecule has 0 fully saturated rings. The quantitative estimate of drug-likeness (QED) is 0.538. The molecule has 1 aliphatic heterocycles. The standard InChI is InChI=1S/C20H13ClN2O5S/c21-18-4-3-17(29-18)15-7-13(11-5-6-26-9-11)14(8-22)19(23-15)27-10-12-1-2-16(28-12)20(24)25/h1-3,5-7,9,18H,4,10H2,(H,24,25). The SMILES string of the molecule is N#Cc1c(-c2ccoc2)cc(C2=CCC(Cl)S2)nc1OCc1ccc(C(=O)O)o1. The van der Waals surface area contributed by atoms with Crippen molar-refractivity contribution in [1.82, 2.24) is 4.98 Å². The van der Waals surface area contributed by atoms with Crippen LogP contribution in [0.25, 0.3) is 16.0 Å². The van der Waals surface area contributed by atoms with Crippen molar-refractivity contribution in [3.05, 3.63) is 65.6 Å². The van der Waals surface area contributed by atoms with Crippen LogP contribution in [0.2, 0.25) is 0 Å². The summed E-state index contributed by atoms with van der Waals surface area (Å²) in [4.78, 5) is 16.4. The Morgan fingerprint density at radius 2 is 2.31 bits per heavy atom. The predicted molar refractivity (Wildman–Crippen MR) is 106 cm³/mol. The number of furan rings is 2. The number of hydrogen-bond acceptors (Lipinski definition) is 7. The van der Waals surface area contributed by atoms with Crippen molar-refractivity contribution in [2.45, 2.75) is 17.7 Å². The maximum atomic E-state index is 11.0. The lowest BCUT2D eigenvalue weighted by molar-refractivity contribution is 0.0658. The van der Waals surface area contributed by atoms with Crippen molar-refractivity contribution in [3.8, 4) is 23.1 Å². The molecule has 3 aromatic heterocycles. The zero-order valence-electron chi connectivity index (χ0n) is 14.8. The fraction of sp³-hybridized carbons (Fsp3) is 0.150. The minimum absolute atomic E-state index is 0.0678. The number of hydrogen-bond donors (Lipinski definition) is 1. The van der Waals surface area contributed by atoms with Crippen molar-refractivity contribution in [3.63, 3.8) is 0 Å². The van der Waals surface area contributed by atoms with Gasteiger partial charge in [-0.05, 0) is 30.7 Å². The number of thioether (sulfide) groups is 1. The topological polar surface area (TPSA) is 109 Å². The van der Waals surface area contributed by atoms with E-state index in [0.29, 0.717) is 29.0 Å². The number of aromatic carboxylic acids is 1. The van der Waals surface area contributed by atoms with Crippen molar-refractivity contribution >= 4 is 34.2 Å². The molecule has 0 saturated heterocycles. The van der Waals surface area contributed by atoms with Gasteiger partial charge in [0.15, 0.2) is 0 Å². The molecule has 0 saturated carbocycles. The summed E-state index contributed by atoms with van der Waals surface area (Å²) in [5.74, 6) is -0.935. The first-order valence-corrected chi connectivity index (χ1v) is 9.80. The highest BCUT2D eigenvalue weighted by atomic mass is 35.5. The van der Waals surface area contributed by atoms with Gasteiger partial charge in [0.05, 0.1) is 22.9 Å². The molecule has 3 aromatic rings. The minimum Gasteiger partial charge on any atom is -0.475 e. The van der Waals surface area contributed by atoms with Gasteiger partial charge in [-0.15, -0.1) is 23.4 Å². The second kappa shape index (κ2) is 8.07. The molecular formula is C20H13ClN2O5S. The van der Waals surface area contributed by atoms with Crippen LogP contribution in [0.4, 0.5) is 0 Å². The number of ether oxygens (including phenoxy) is 1. The van der Waals surface area contributed by atoms with E-state index in [2.05, 4.69) is 11.1 Å². The van der Waals surface area contributed by atoms with Crippen molar-refractivity contribution < 1.29 is 23.5 Å². The van der Waals surface area contributed by atoms with E-state index in [1.807, 2.05) is 6.08 Å². The lowest BCUT2D eigenvalue weighted by atomic mass is 10.0. The monoisotopic (exact) mass is 428 g/mol. The number of aromatic nitrogens is 1. The van der Waals surface area contributed by atoms with Crippen LogP contribution in [-0.2, 0) is 6.61 Å². The number of nitriles is 1.